The van der Waals surface area contributed by atoms with E-state index in [-0.39, 0.29) is 11.7 Å². The maximum absolute atomic E-state index is 5.76. The summed E-state index contributed by atoms with van der Waals surface area (Å²) >= 11 is 3.45. The summed E-state index contributed by atoms with van der Waals surface area (Å²) in [6.07, 6.45) is -0.0777. The Morgan fingerprint density at radius 3 is 2.56 bits per heavy atom. The van der Waals surface area contributed by atoms with Gasteiger partial charge in [-0.3, -0.25) is 0 Å². The van der Waals surface area contributed by atoms with Crippen LogP contribution in [-0.4, -0.2) is 25.4 Å². The summed E-state index contributed by atoms with van der Waals surface area (Å²) in [7, 11) is 0. The second kappa shape index (κ2) is 7.24. The van der Waals surface area contributed by atoms with Crippen LogP contribution in [-0.2, 0) is 9.47 Å². The van der Waals surface area contributed by atoms with Gasteiger partial charge < -0.3 is 15.2 Å². The van der Waals surface area contributed by atoms with E-state index in [1.54, 1.807) is 0 Å². The van der Waals surface area contributed by atoms with Gasteiger partial charge in [0.25, 0.3) is 0 Å². The van der Waals surface area contributed by atoms with Crippen LogP contribution >= 0.6 is 15.9 Å². The average Bonchev–Trinajstić information content (AvgIpc) is 2.27. The molecule has 0 aliphatic rings. The Morgan fingerprint density at radius 1 is 1.28 bits per heavy atom. The maximum atomic E-state index is 5.76. The van der Waals surface area contributed by atoms with Gasteiger partial charge in [0.05, 0.1) is 24.9 Å². The topological polar surface area (TPSA) is 44.5 Å². The normalized spacial score (nSPS) is 13.6. The minimum Gasteiger partial charge on any atom is -0.373 e. The van der Waals surface area contributed by atoms with E-state index in [0.29, 0.717) is 19.8 Å². The van der Waals surface area contributed by atoms with Gasteiger partial charge in [0.1, 0.15) is 0 Å². The highest BCUT2D eigenvalue weighted by atomic mass is 79.9. The van der Waals surface area contributed by atoms with Crippen molar-refractivity contribution in [2.24, 2.45) is 5.73 Å². The van der Waals surface area contributed by atoms with Gasteiger partial charge in [-0.05, 0) is 38.5 Å². The molecule has 1 rings (SSSR count). The lowest BCUT2D eigenvalue weighted by atomic mass is 10.1. The fourth-order valence-electron chi connectivity index (χ4n) is 1.55. The van der Waals surface area contributed by atoms with E-state index >= 15 is 0 Å². The first kappa shape index (κ1) is 15.6. The van der Waals surface area contributed by atoms with Crippen LogP contribution in [0.25, 0.3) is 0 Å². The molecule has 1 aromatic rings. The Morgan fingerprint density at radius 2 is 2.00 bits per heavy atom. The predicted molar refractivity (Wildman–Crippen MR) is 77.6 cm³/mol. The second-order valence-corrected chi connectivity index (χ2v) is 6.03. The molecule has 0 saturated heterocycles. The predicted octanol–water partition coefficient (Wildman–Crippen LogP) is 3.28. The summed E-state index contributed by atoms with van der Waals surface area (Å²) in [6, 6.07) is 8.02. The molecule has 0 bridgehead atoms. The molecule has 0 aromatic heterocycles. The molecule has 1 atom stereocenters. The smallest absolute Gasteiger partial charge is 0.0948 e. The lowest BCUT2D eigenvalue weighted by Gasteiger charge is -2.21. The molecule has 102 valence electrons. The molecule has 0 heterocycles. The van der Waals surface area contributed by atoms with E-state index in [2.05, 4.69) is 15.9 Å². The molecule has 0 saturated carbocycles. The Hall–Kier alpha value is -0.420. The highest BCUT2D eigenvalue weighted by Crippen LogP contribution is 2.20. The van der Waals surface area contributed by atoms with Crippen molar-refractivity contribution in [1.29, 1.82) is 0 Å². The quantitative estimate of drug-likeness (QED) is 0.819. The Labute approximate surface area is 118 Å². The molecule has 1 aromatic carbocycles. The maximum Gasteiger partial charge on any atom is 0.0948 e. The van der Waals surface area contributed by atoms with Gasteiger partial charge in [0.2, 0.25) is 0 Å². The van der Waals surface area contributed by atoms with E-state index < -0.39 is 0 Å². The molecule has 0 amide bonds. The third kappa shape index (κ3) is 5.96. The van der Waals surface area contributed by atoms with Crippen molar-refractivity contribution in [3.63, 3.8) is 0 Å². The van der Waals surface area contributed by atoms with E-state index in [0.717, 1.165) is 10.0 Å². The van der Waals surface area contributed by atoms with Crippen LogP contribution in [0.2, 0.25) is 0 Å². The average molecular weight is 316 g/mol. The van der Waals surface area contributed by atoms with Crippen LogP contribution in [0.15, 0.2) is 28.7 Å². The summed E-state index contributed by atoms with van der Waals surface area (Å²) in [5.41, 5.74) is 6.70. The van der Waals surface area contributed by atoms with Crippen molar-refractivity contribution < 1.29 is 9.47 Å². The van der Waals surface area contributed by atoms with E-state index in [4.69, 9.17) is 15.2 Å². The number of ether oxygens (including phenoxy) is 2. The lowest BCUT2D eigenvalue weighted by molar-refractivity contribution is -0.0506. The molecule has 0 spiro atoms. The van der Waals surface area contributed by atoms with Gasteiger partial charge in [-0.25, -0.2) is 0 Å². The van der Waals surface area contributed by atoms with E-state index in [9.17, 15) is 0 Å². The zero-order valence-corrected chi connectivity index (χ0v) is 12.9. The monoisotopic (exact) mass is 315 g/mol. The minimum atomic E-state index is -0.128. The number of nitrogens with two attached hydrogens (primary N) is 1. The van der Waals surface area contributed by atoms with Gasteiger partial charge in [-0.1, -0.05) is 28.1 Å². The van der Waals surface area contributed by atoms with Crippen molar-refractivity contribution in [1.82, 2.24) is 0 Å². The number of hydrogen-bond donors (Lipinski definition) is 1. The standard InChI is InChI=1S/C14H22BrNO2/c1-14(2,3)18-8-7-17-13(10-16)11-5-4-6-12(15)9-11/h4-6,9,13H,7-8,10,16H2,1-3H3. The SMILES string of the molecule is CC(C)(C)OCCOC(CN)c1cccc(Br)c1. The first-order valence-corrected chi connectivity index (χ1v) is 6.93. The van der Waals surface area contributed by atoms with Gasteiger partial charge in [-0.2, -0.15) is 0 Å². The number of benzene rings is 1. The van der Waals surface area contributed by atoms with Crippen molar-refractivity contribution in [2.75, 3.05) is 19.8 Å². The summed E-state index contributed by atoms with van der Waals surface area (Å²) < 4.78 is 12.4. The van der Waals surface area contributed by atoms with Crippen molar-refractivity contribution >= 4 is 15.9 Å². The van der Waals surface area contributed by atoms with Gasteiger partial charge in [0, 0.05) is 11.0 Å². The Bertz CT molecular complexity index is 363. The molecule has 2 N–H and O–H groups in total. The highest BCUT2D eigenvalue weighted by Gasteiger charge is 2.12. The zero-order valence-electron chi connectivity index (χ0n) is 11.3. The molecule has 0 radical (unpaired) electrons. The lowest BCUT2D eigenvalue weighted by Crippen LogP contribution is -2.24. The molecule has 1 unspecified atom stereocenters. The highest BCUT2D eigenvalue weighted by molar-refractivity contribution is 9.10. The van der Waals surface area contributed by atoms with E-state index in [1.807, 2.05) is 45.0 Å². The van der Waals surface area contributed by atoms with Crippen molar-refractivity contribution in [2.45, 2.75) is 32.5 Å². The molecule has 0 fully saturated rings. The number of halogens is 1. The van der Waals surface area contributed by atoms with Crippen molar-refractivity contribution in [3.8, 4) is 0 Å². The summed E-state index contributed by atoms with van der Waals surface area (Å²) in [5, 5.41) is 0. The molecule has 18 heavy (non-hydrogen) atoms. The fraction of sp³-hybridized carbons (Fsp3) is 0.571. The fourth-order valence-corrected chi connectivity index (χ4v) is 1.96. The molecular formula is C14H22BrNO2. The van der Waals surface area contributed by atoms with Gasteiger partial charge in [-0.15, -0.1) is 0 Å². The van der Waals surface area contributed by atoms with Crippen LogP contribution in [0.4, 0.5) is 0 Å². The van der Waals surface area contributed by atoms with Crippen LogP contribution in [0.5, 0.6) is 0 Å². The first-order valence-electron chi connectivity index (χ1n) is 6.13. The summed E-state index contributed by atoms with van der Waals surface area (Å²) in [6.45, 7) is 7.68. The molecule has 0 aliphatic carbocycles. The van der Waals surface area contributed by atoms with Crippen LogP contribution in [0.3, 0.4) is 0 Å². The molecule has 3 nitrogen and oxygen atoms in total. The Balaban J connectivity index is 2.43. The van der Waals surface area contributed by atoms with Crippen LogP contribution in [0.1, 0.15) is 32.4 Å². The molecular weight excluding hydrogens is 294 g/mol. The van der Waals surface area contributed by atoms with Gasteiger partial charge >= 0.3 is 0 Å². The number of rotatable bonds is 6. The first-order chi connectivity index (χ1) is 8.42. The largest absolute Gasteiger partial charge is 0.373 e. The van der Waals surface area contributed by atoms with Crippen LogP contribution < -0.4 is 5.73 Å². The minimum absolute atomic E-state index is 0.0777. The Kier molecular flexibility index (Phi) is 6.29. The van der Waals surface area contributed by atoms with E-state index in [1.165, 1.54) is 0 Å². The summed E-state index contributed by atoms with van der Waals surface area (Å²) in [5.74, 6) is 0. The zero-order chi connectivity index (χ0) is 13.6. The molecule has 0 aliphatic heterocycles. The van der Waals surface area contributed by atoms with Crippen molar-refractivity contribution in [3.05, 3.63) is 34.3 Å². The summed E-state index contributed by atoms with van der Waals surface area (Å²) in [4.78, 5) is 0. The van der Waals surface area contributed by atoms with Crippen LogP contribution in [0, 0.1) is 0 Å². The van der Waals surface area contributed by atoms with Gasteiger partial charge in [0.15, 0.2) is 0 Å². The second-order valence-electron chi connectivity index (χ2n) is 5.11. The third-order valence-corrected chi connectivity index (χ3v) is 2.87. The molecule has 4 heteroatoms. The number of hydrogen-bond acceptors (Lipinski definition) is 3. The third-order valence-electron chi connectivity index (χ3n) is 2.37.